The van der Waals surface area contributed by atoms with Crippen molar-refractivity contribution in [1.82, 2.24) is 0 Å². The maximum Gasteiger partial charge on any atom is 0.305 e. The second kappa shape index (κ2) is 12.5. The molecule has 16 heavy (non-hydrogen) atoms. The van der Waals surface area contributed by atoms with Gasteiger partial charge in [0.05, 0.1) is 6.61 Å². The Labute approximate surface area is 99.5 Å². The van der Waals surface area contributed by atoms with Crippen LogP contribution in [0.5, 0.6) is 0 Å². The van der Waals surface area contributed by atoms with Crippen molar-refractivity contribution in [3.05, 3.63) is 0 Å². The van der Waals surface area contributed by atoms with E-state index in [2.05, 4.69) is 6.92 Å². The van der Waals surface area contributed by atoms with Crippen LogP contribution in [0.1, 0.15) is 58.8 Å². The number of ether oxygens (including phenoxy) is 2. The van der Waals surface area contributed by atoms with E-state index in [9.17, 15) is 4.79 Å². The van der Waals surface area contributed by atoms with Crippen LogP contribution in [0.25, 0.3) is 0 Å². The molecule has 0 aromatic heterocycles. The average Bonchev–Trinajstić information content (AvgIpc) is 2.29. The molecule has 0 atom stereocenters. The maximum atomic E-state index is 11.2. The molecule has 0 fully saturated rings. The van der Waals surface area contributed by atoms with Crippen molar-refractivity contribution in [2.24, 2.45) is 0 Å². The fraction of sp³-hybridized carbons (Fsp3) is 0.923. The van der Waals surface area contributed by atoms with Crippen molar-refractivity contribution >= 4 is 5.97 Å². The molecule has 0 bridgehead atoms. The summed E-state index contributed by atoms with van der Waals surface area (Å²) < 4.78 is 10.1. The summed E-state index contributed by atoms with van der Waals surface area (Å²) in [5.74, 6) is -0.0878. The van der Waals surface area contributed by atoms with Gasteiger partial charge in [-0.05, 0) is 13.3 Å². The van der Waals surface area contributed by atoms with Crippen LogP contribution in [-0.2, 0) is 14.3 Å². The third kappa shape index (κ3) is 11.5. The Hall–Kier alpha value is -0.570. The molecule has 0 unspecified atom stereocenters. The molecule has 0 aromatic carbocycles. The second-order valence-electron chi connectivity index (χ2n) is 3.94. The Morgan fingerprint density at radius 1 is 0.938 bits per heavy atom. The Kier molecular flexibility index (Phi) is 12.1. The highest BCUT2D eigenvalue weighted by molar-refractivity contribution is 5.69. The molecule has 0 spiro atoms. The summed E-state index contributed by atoms with van der Waals surface area (Å²) in [5, 5.41) is 0. The number of unbranched alkanes of at least 4 members (excludes halogenated alkanes) is 5. The Morgan fingerprint density at radius 3 is 2.31 bits per heavy atom. The van der Waals surface area contributed by atoms with E-state index in [-0.39, 0.29) is 5.97 Å². The Balaban J connectivity index is 3.11. The van der Waals surface area contributed by atoms with Crippen molar-refractivity contribution in [2.75, 3.05) is 19.8 Å². The van der Waals surface area contributed by atoms with Crippen LogP contribution in [0.3, 0.4) is 0 Å². The van der Waals surface area contributed by atoms with Crippen LogP contribution in [0.4, 0.5) is 0 Å². The van der Waals surface area contributed by atoms with Crippen LogP contribution >= 0.6 is 0 Å². The van der Waals surface area contributed by atoms with Gasteiger partial charge in [-0.15, -0.1) is 0 Å². The fourth-order valence-corrected chi connectivity index (χ4v) is 1.48. The van der Waals surface area contributed by atoms with Gasteiger partial charge in [-0.25, -0.2) is 0 Å². The summed E-state index contributed by atoms with van der Waals surface area (Å²) in [6.07, 6.45) is 7.74. The van der Waals surface area contributed by atoms with Crippen LogP contribution in [0.2, 0.25) is 0 Å². The molecule has 0 aliphatic rings. The monoisotopic (exact) mass is 230 g/mol. The number of hydrogen-bond donors (Lipinski definition) is 0. The third-order valence-electron chi connectivity index (χ3n) is 2.43. The first-order valence-electron chi connectivity index (χ1n) is 6.54. The van der Waals surface area contributed by atoms with Crippen LogP contribution in [-0.4, -0.2) is 25.8 Å². The molecule has 0 radical (unpaired) electrons. The molecule has 0 amide bonds. The Bertz CT molecular complexity index is 157. The van der Waals surface area contributed by atoms with E-state index in [0.29, 0.717) is 26.2 Å². The zero-order chi connectivity index (χ0) is 12.1. The average molecular weight is 230 g/mol. The number of hydrogen-bond acceptors (Lipinski definition) is 3. The molecule has 3 nitrogen and oxygen atoms in total. The quantitative estimate of drug-likeness (QED) is 0.403. The number of rotatable bonds is 11. The number of carbonyl (C=O) groups excluding carboxylic acids is 1. The van der Waals surface area contributed by atoms with Gasteiger partial charge in [0.25, 0.3) is 0 Å². The predicted molar refractivity (Wildman–Crippen MR) is 65.4 cm³/mol. The van der Waals surface area contributed by atoms with Gasteiger partial charge >= 0.3 is 5.97 Å². The lowest BCUT2D eigenvalue weighted by atomic mass is 10.1. The molecule has 96 valence electrons. The second-order valence-corrected chi connectivity index (χ2v) is 3.94. The first kappa shape index (κ1) is 15.4. The van der Waals surface area contributed by atoms with E-state index in [1.54, 1.807) is 0 Å². The maximum absolute atomic E-state index is 11.2. The van der Waals surface area contributed by atoms with Crippen molar-refractivity contribution in [3.63, 3.8) is 0 Å². The number of esters is 1. The molecule has 0 saturated heterocycles. The Morgan fingerprint density at radius 2 is 1.62 bits per heavy atom. The van der Waals surface area contributed by atoms with Gasteiger partial charge < -0.3 is 9.47 Å². The lowest BCUT2D eigenvalue weighted by Gasteiger charge is -2.04. The molecule has 0 N–H and O–H groups in total. The van der Waals surface area contributed by atoms with Gasteiger partial charge in [-0.3, -0.25) is 4.79 Å². The standard InChI is InChI=1S/C13H26O3/c1-3-5-6-7-8-9-10-13(14)16-12-11-15-4-2/h3-12H2,1-2H3. The molecular formula is C13H26O3. The topological polar surface area (TPSA) is 35.5 Å². The molecule has 0 aliphatic carbocycles. The van der Waals surface area contributed by atoms with E-state index >= 15 is 0 Å². The summed E-state index contributed by atoms with van der Waals surface area (Å²) in [6, 6.07) is 0. The minimum Gasteiger partial charge on any atom is -0.463 e. The van der Waals surface area contributed by atoms with E-state index in [4.69, 9.17) is 9.47 Å². The molecular weight excluding hydrogens is 204 g/mol. The minimum atomic E-state index is -0.0878. The summed E-state index contributed by atoms with van der Waals surface area (Å²) in [4.78, 5) is 11.2. The van der Waals surface area contributed by atoms with Gasteiger partial charge in [0.15, 0.2) is 0 Å². The van der Waals surface area contributed by atoms with E-state index in [1.165, 1.54) is 25.7 Å². The van der Waals surface area contributed by atoms with Gasteiger partial charge in [-0.2, -0.15) is 0 Å². The van der Waals surface area contributed by atoms with E-state index < -0.39 is 0 Å². The van der Waals surface area contributed by atoms with Gasteiger partial charge in [-0.1, -0.05) is 39.0 Å². The predicted octanol–water partition coefficient (Wildman–Crippen LogP) is 3.32. The van der Waals surface area contributed by atoms with Crippen LogP contribution in [0, 0.1) is 0 Å². The fourth-order valence-electron chi connectivity index (χ4n) is 1.48. The molecule has 0 aromatic rings. The first-order valence-corrected chi connectivity index (χ1v) is 6.54. The SMILES string of the molecule is CCCCCCCCC(=O)OCCOCC. The van der Waals surface area contributed by atoms with Crippen molar-refractivity contribution in [2.45, 2.75) is 58.8 Å². The smallest absolute Gasteiger partial charge is 0.305 e. The first-order chi connectivity index (χ1) is 7.81. The highest BCUT2D eigenvalue weighted by Crippen LogP contribution is 2.07. The van der Waals surface area contributed by atoms with Gasteiger partial charge in [0, 0.05) is 13.0 Å². The molecule has 0 heterocycles. The minimum absolute atomic E-state index is 0.0878. The zero-order valence-electron chi connectivity index (χ0n) is 10.8. The van der Waals surface area contributed by atoms with Crippen molar-refractivity contribution in [3.8, 4) is 0 Å². The molecule has 0 aliphatic heterocycles. The van der Waals surface area contributed by atoms with E-state index in [0.717, 1.165) is 12.8 Å². The zero-order valence-corrected chi connectivity index (χ0v) is 10.8. The summed E-state index contributed by atoms with van der Waals surface area (Å²) in [5.41, 5.74) is 0. The summed E-state index contributed by atoms with van der Waals surface area (Å²) in [7, 11) is 0. The highest BCUT2D eigenvalue weighted by Gasteiger charge is 2.01. The third-order valence-corrected chi connectivity index (χ3v) is 2.43. The van der Waals surface area contributed by atoms with Crippen molar-refractivity contribution < 1.29 is 14.3 Å². The van der Waals surface area contributed by atoms with Gasteiger partial charge in [0.2, 0.25) is 0 Å². The van der Waals surface area contributed by atoms with Crippen LogP contribution < -0.4 is 0 Å². The van der Waals surface area contributed by atoms with Gasteiger partial charge in [0.1, 0.15) is 6.61 Å². The molecule has 0 saturated carbocycles. The van der Waals surface area contributed by atoms with E-state index in [1.807, 2.05) is 6.92 Å². The van der Waals surface area contributed by atoms with Crippen LogP contribution in [0.15, 0.2) is 0 Å². The summed E-state index contributed by atoms with van der Waals surface area (Å²) >= 11 is 0. The highest BCUT2D eigenvalue weighted by atomic mass is 16.6. The summed E-state index contributed by atoms with van der Waals surface area (Å²) in [6.45, 7) is 5.71. The van der Waals surface area contributed by atoms with Crippen molar-refractivity contribution in [1.29, 1.82) is 0 Å². The largest absolute Gasteiger partial charge is 0.463 e. The normalized spacial score (nSPS) is 10.4. The molecule has 3 heteroatoms. The molecule has 0 rings (SSSR count). The lowest BCUT2D eigenvalue weighted by Crippen LogP contribution is -2.10. The number of carbonyl (C=O) groups is 1. The lowest BCUT2D eigenvalue weighted by molar-refractivity contribution is -0.145.